The van der Waals surface area contributed by atoms with Crippen LogP contribution in [0, 0.1) is 5.92 Å². The number of carbonyl (C=O) groups is 3. The number of ketones is 1. The van der Waals surface area contributed by atoms with Gasteiger partial charge in [-0.15, -0.1) is 0 Å². The van der Waals surface area contributed by atoms with Crippen molar-refractivity contribution in [1.29, 1.82) is 0 Å². The predicted octanol–water partition coefficient (Wildman–Crippen LogP) is 5.39. The molecule has 1 saturated carbocycles. The van der Waals surface area contributed by atoms with Gasteiger partial charge in [0.25, 0.3) is 0 Å². The summed E-state index contributed by atoms with van der Waals surface area (Å²) in [6, 6.07) is 6.93. The molecule has 1 aromatic carbocycles. The van der Waals surface area contributed by atoms with E-state index >= 15 is 0 Å². The van der Waals surface area contributed by atoms with E-state index in [9.17, 15) is 14.4 Å². The third-order valence-electron chi connectivity index (χ3n) is 5.59. The summed E-state index contributed by atoms with van der Waals surface area (Å²) in [6.45, 7) is 6.48. The lowest BCUT2D eigenvalue weighted by atomic mass is 9.75. The molecule has 1 aliphatic rings. The van der Waals surface area contributed by atoms with Gasteiger partial charge in [-0.1, -0.05) is 70.7 Å². The standard InChI is InChI=1S/C25H36O5/c1-4-7-8-9-16-25(23(27)29-17-5-2,24(28)30-18-6-3)21-14-12-20(13-15-21)22(26)19-10-11-19/h12-15,19H,4-11,16-18H2,1-3H3. The number of rotatable bonds is 14. The van der Waals surface area contributed by atoms with Gasteiger partial charge in [-0.2, -0.15) is 0 Å². The fourth-order valence-corrected chi connectivity index (χ4v) is 3.62. The minimum Gasteiger partial charge on any atom is -0.465 e. The van der Waals surface area contributed by atoms with Gasteiger partial charge in [-0.25, -0.2) is 0 Å². The van der Waals surface area contributed by atoms with E-state index in [4.69, 9.17) is 9.47 Å². The normalized spacial score (nSPS) is 13.7. The zero-order chi connectivity index (χ0) is 22.0. The van der Waals surface area contributed by atoms with Crippen LogP contribution in [0.4, 0.5) is 0 Å². The van der Waals surface area contributed by atoms with Crippen LogP contribution in [-0.4, -0.2) is 30.9 Å². The van der Waals surface area contributed by atoms with Gasteiger partial charge in [-0.05, 0) is 37.7 Å². The van der Waals surface area contributed by atoms with Crippen LogP contribution in [0.3, 0.4) is 0 Å². The Balaban J connectivity index is 2.39. The highest BCUT2D eigenvalue weighted by molar-refractivity contribution is 6.06. The highest BCUT2D eigenvalue weighted by Gasteiger charge is 2.50. The molecular formula is C25H36O5. The van der Waals surface area contributed by atoms with Gasteiger partial charge in [0.05, 0.1) is 13.2 Å². The topological polar surface area (TPSA) is 69.7 Å². The molecule has 0 spiro atoms. The van der Waals surface area contributed by atoms with Crippen molar-refractivity contribution in [2.75, 3.05) is 13.2 Å². The molecule has 0 aromatic heterocycles. The third-order valence-corrected chi connectivity index (χ3v) is 5.59. The molecule has 0 saturated heterocycles. The monoisotopic (exact) mass is 416 g/mol. The summed E-state index contributed by atoms with van der Waals surface area (Å²) in [5.41, 5.74) is -0.308. The lowest BCUT2D eigenvalue weighted by molar-refractivity contribution is -0.166. The molecule has 0 aliphatic heterocycles. The summed E-state index contributed by atoms with van der Waals surface area (Å²) in [5, 5.41) is 0. The highest BCUT2D eigenvalue weighted by atomic mass is 16.6. The van der Waals surface area contributed by atoms with Crippen molar-refractivity contribution in [3.63, 3.8) is 0 Å². The average Bonchev–Trinajstić information content (AvgIpc) is 3.61. The van der Waals surface area contributed by atoms with Crippen LogP contribution in [0.15, 0.2) is 24.3 Å². The molecule has 166 valence electrons. The second-order valence-electron chi connectivity index (χ2n) is 8.20. The van der Waals surface area contributed by atoms with Gasteiger partial charge in [0.2, 0.25) is 0 Å². The summed E-state index contributed by atoms with van der Waals surface area (Å²) in [6.07, 6.45) is 7.33. The van der Waals surface area contributed by atoms with Crippen LogP contribution in [0.1, 0.15) is 94.5 Å². The van der Waals surface area contributed by atoms with E-state index in [1.165, 1.54) is 0 Å². The van der Waals surface area contributed by atoms with Gasteiger partial charge in [0.15, 0.2) is 11.2 Å². The maximum atomic E-state index is 13.2. The first kappa shape index (κ1) is 24.1. The molecule has 5 nitrogen and oxygen atoms in total. The van der Waals surface area contributed by atoms with Crippen molar-refractivity contribution < 1.29 is 23.9 Å². The maximum Gasteiger partial charge on any atom is 0.328 e. The summed E-state index contributed by atoms with van der Waals surface area (Å²) in [5.74, 6) is -0.845. The molecule has 0 N–H and O–H groups in total. The van der Waals surface area contributed by atoms with E-state index < -0.39 is 17.4 Å². The average molecular weight is 417 g/mol. The third kappa shape index (κ3) is 5.93. The van der Waals surface area contributed by atoms with Crippen molar-refractivity contribution in [1.82, 2.24) is 0 Å². The number of benzene rings is 1. The lowest BCUT2D eigenvalue weighted by Gasteiger charge is -2.30. The Labute approximate surface area is 180 Å². The molecule has 5 heteroatoms. The molecule has 2 rings (SSSR count). The Morgan fingerprint density at radius 1 is 0.833 bits per heavy atom. The van der Waals surface area contributed by atoms with E-state index in [0.717, 1.165) is 38.5 Å². The molecule has 0 radical (unpaired) electrons. The molecule has 0 amide bonds. The molecule has 0 atom stereocenters. The SMILES string of the molecule is CCCCCCC(C(=O)OCCC)(C(=O)OCCC)c1ccc(C(=O)C2CC2)cc1. The van der Waals surface area contributed by atoms with E-state index in [-0.39, 0.29) is 24.9 Å². The number of hydrogen-bond donors (Lipinski definition) is 0. The largest absolute Gasteiger partial charge is 0.465 e. The minimum absolute atomic E-state index is 0.124. The van der Waals surface area contributed by atoms with Gasteiger partial charge < -0.3 is 9.47 Å². The fraction of sp³-hybridized carbons (Fsp3) is 0.640. The summed E-state index contributed by atoms with van der Waals surface area (Å²) in [4.78, 5) is 38.9. The van der Waals surface area contributed by atoms with E-state index in [1.54, 1.807) is 24.3 Å². The van der Waals surface area contributed by atoms with Crippen LogP contribution in [0.2, 0.25) is 0 Å². The second kappa shape index (κ2) is 11.9. The van der Waals surface area contributed by atoms with Gasteiger partial charge in [0, 0.05) is 11.5 Å². The predicted molar refractivity (Wildman–Crippen MR) is 116 cm³/mol. The minimum atomic E-state index is -1.49. The number of hydrogen-bond acceptors (Lipinski definition) is 5. The maximum absolute atomic E-state index is 13.2. The van der Waals surface area contributed by atoms with Crippen LogP contribution >= 0.6 is 0 Å². The zero-order valence-corrected chi connectivity index (χ0v) is 18.7. The van der Waals surface area contributed by atoms with E-state index in [0.29, 0.717) is 30.4 Å². The second-order valence-corrected chi connectivity index (χ2v) is 8.20. The van der Waals surface area contributed by atoms with E-state index in [1.807, 2.05) is 13.8 Å². The van der Waals surface area contributed by atoms with Crippen molar-refractivity contribution in [2.24, 2.45) is 5.92 Å². The van der Waals surface area contributed by atoms with Gasteiger partial charge in [0.1, 0.15) is 0 Å². The Hall–Kier alpha value is -2.17. The number of ether oxygens (including phenoxy) is 2. The summed E-state index contributed by atoms with van der Waals surface area (Å²) >= 11 is 0. The number of carbonyl (C=O) groups excluding carboxylic acids is 3. The number of unbranched alkanes of at least 4 members (excludes halogenated alkanes) is 3. The van der Waals surface area contributed by atoms with Crippen molar-refractivity contribution in [2.45, 2.75) is 84.0 Å². The van der Waals surface area contributed by atoms with Crippen molar-refractivity contribution in [3.8, 4) is 0 Å². The lowest BCUT2D eigenvalue weighted by Crippen LogP contribution is -2.46. The molecule has 30 heavy (non-hydrogen) atoms. The molecule has 1 fully saturated rings. The first-order chi connectivity index (χ1) is 14.5. The Morgan fingerprint density at radius 2 is 1.40 bits per heavy atom. The van der Waals surface area contributed by atoms with Gasteiger partial charge in [-0.3, -0.25) is 14.4 Å². The van der Waals surface area contributed by atoms with Gasteiger partial charge >= 0.3 is 11.9 Å². The number of Topliss-reactive ketones (excluding diaryl/α,β-unsaturated/α-hetero) is 1. The van der Waals surface area contributed by atoms with Crippen LogP contribution < -0.4 is 0 Å². The summed E-state index contributed by atoms with van der Waals surface area (Å²) < 4.78 is 11.0. The summed E-state index contributed by atoms with van der Waals surface area (Å²) in [7, 11) is 0. The number of esters is 2. The smallest absolute Gasteiger partial charge is 0.328 e. The van der Waals surface area contributed by atoms with E-state index in [2.05, 4.69) is 6.92 Å². The molecule has 1 aromatic rings. The highest BCUT2D eigenvalue weighted by Crippen LogP contribution is 2.36. The van der Waals surface area contributed by atoms with Crippen molar-refractivity contribution in [3.05, 3.63) is 35.4 Å². The van der Waals surface area contributed by atoms with Crippen LogP contribution in [0.25, 0.3) is 0 Å². The first-order valence-electron chi connectivity index (χ1n) is 11.5. The molecule has 1 aliphatic carbocycles. The molecule has 0 heterocycles. The zero-order valence-electron chi connectivity index (χ0n) is 18.7. The Kier molecular flexibility index (Phi) is 9.54. The molecule has 0 bridgehead atoms. The van der Waals surface area contributed by atoms with Crippen LogP contribution in [0.5, 0.6) is 0 Å². The van der Waals surface area contributed by atoms with Crippen LogP contribution in [-0.2, 0) is 24.5 Å². The fourth-order valence-electron chi connectivity index (χ4n) is 3.62. The molecular weight excluding hydrogens is 380 g/mol. The first-order valence-corrected chi connectivity index (χ1v) is 11.5. The van der Waals surface area contributed by atoms with Crippen molar-refractivity contribution >= 4 is 17.7 Å². The molecule has 0 unspecified atom stereocenters. The Morgan fingerprint density at radius 3 is 1.87 bits per heavy atom. The Bertz CT molecular complexity index is 683. The quantitative estimate of drug-likeness (QED) is 0.176.